The molecule has 1 heterocycles. The lowest BCUT2D eigenvalue weighted by Crippen LogP contribution is -2.41. The Labute approximate surface area is 80.8 Å². The second-order valence-electron chi connectivity index (χ2n) is 2.86. The van der Waals surface area contributed by atoms with Crippen molar-refractivity contribution in [1.82, 2.24) is 9.13 Å². The summed E-state index contributed by atoms with van der Waals surface area (Å²) >= 11 is 0. The van der Waals surface area contributed by atoms with Crippen LogP contribution in [-0.2, 0) is 13.1 Å². The highest BCUT2D eigenvalue weighted by Gasteiger charge is 2.02. The fraction of sp³-hybridized carbons (Fsp3) is 0.500. The van der Waals surface area contributed by atoms with Crippen molar-refractivity contribution in [2.45, 2.75) is 13.1 Å². The Bertz CT molecular complexity index is 407. The highest BCUT2D eigenvalue weighted by atomic mass is 16.2. The predicted octanol–water partition coefficient (Wildman–Crippen LogP) is -2.07. The zero-order valence-corrected chi connectivity index (χ0v) is 7.85. The molecule has 0 spiro atoms. The van der Waals surface area contributed by atoms with E-state index in [2.05, 4.69) is 0 Å². The molecule has 1 aromatic rings. The Kier molecular flexibility index (Phi) is 3.61. The summed E-state index contributed by atoms with van der Waals surface area (Å²) < 4.78 is 2.51. The summed E-state index contributed by atoms with van der Waals surface area (Å²) in [5, 5.41) is 0. The van der Waals surface area contributed by atoms with E-state index in [1.807, 2.05) is 0 Å². The fourth-order valence-corrected chi connectivity index (χ4v) is 1.20. The van der Waals surface area contributed by atoms with Gasteiger partial charge in [-0.1, -0.05) is 0 Å². The van der Waals surface area contributed by atoms with Crippen LogP contribution in [0.25, 0.3) is 0 Å². The molecule has 0 aliphatic rings. The first-order chi connectivity index (χ1) is 6.70. The number of nitrogens with zero attached hydrogens (tertiary/aromatic N) is 2. The lowest BCUT2D eigenvalue weighted by Gasteiger charge is -2.07. The summed E-state index contributed by atoms with van der Waals surface area (Å²) in [6, 6.07) is 1.34. The standard InChI is InChI=1S/C8H14N4O2/c9-2-5-11-4-1-7(13)12(6-3-10)8(11)14/h1,4H,2-3,5-6,9-10H2. The van der Waals surface area contributed by atoms with Crippen molar-refractivity contribution in [3.05, 3.63) is 33.1 Å². The lowest BCUT2D eigenvalue weighted by atomic mass is 10.5. The first-order valence-corrected chi connectivity index (χ1v) is 4.41. The molecule has 14 heavy (non-hydrogen) atoms. The fourth-order valence-electron chi connectivity index (χ4n) is 1.20. The van der Waals surface area contributed by atoms with Crippen LogP contribution in [0.15, 0.2) is 21.9 Å². The molecule has 0 atom stereocenters. The van der Waals surface area contributed by atoms with Crippen LogP contribution in [0.5, 0.6) is 0 Å². The maximum Gasteiger partial charge on any atom is 0.331 e. The van der Waals surface area contributed by atoms with E-state index in [-0.39, 0.29) is 24.3 Å². The molecule has 0 radical (unpaired) electrons. The molecule has 1 aromatic heterocycles. The number of hydrogen-bond donors (Lipinski definition) is 2. The van der Waals surface area contributed by atoms with Crippen molar-refractivity contribution in [2.75, 3.05) is 13.1 Å². The van der Waals surface area contributed by atoms with Gasteiger partial charge in [-0.3, -0.25) is 13.9 Å². The van der Waals surface area contributed by atoms with Crippen molar-refractivity contribution >= 4 is 0 Å². The van der Waals surface area contributed by atoms with E-state index in [0.717, 1.165) is 4.57 Å². The molecule has 6 heteroatoms. The molecule has 0 bridgehead atoms. The van der Waals surface area contributed by atoms with Crippen molar-refractivity contribution < 1.29 is 0 Å². The van der Waals surface area contributed by atoms with Crippen LogP contribution in [0.4, 0.5) is 0 Å². The van der Waals surface area contributed by atoms with E-state index in [1.54, 1.807) is 0 Å². The molecule has 0 fully saturated rings. The van der Waals surface area contributed by atoms with Gasteiger partial charge in [-0.25, -0.2) is 4.79 Å². The molecular weight excluding hydrogens is 184 g/mol. The quantitative estimate of drug-likeness (QED) is 0.580. The predicted molar refractivity (Wildman–Crippen MR) is 53.1 cm³/mol. The SMILES string of the molecule is NCCn1ccc(=O)n(CCN)c1=O. The smallest absolute Gasteiger partial charge is 0.329 e. The summed E-state index contributed by atoms with van der Waals surface area (Å²) in [6.07, 6.45) is 1.45. The zero-order chi connectivity index (χ0) is 10.6. The molecule has 6 nitrogen and oxygen atoms in total. The third-order valence-electron chi connectivity index (χ3n) is 1.86. The largest absolute Gasteiger partial charge is 0.331 e. The van der Waals surface area contributed by atoms with Gasteiger partial charge in [0.2, 0.25) is 0 Å². The minimum atomic E-state index is -0.353. The van der Waals surface area contributed by atoms with Crippen LogP contribution >= 0.6 is 0 Å². The van der Waals surface area contributed by atoms with E-state index in [0.29, 0.717) is 13.1 Å². The van der Waals surface area contributed by atoms with Gasteiger partial charge in [0.05, 0.1) is 0 Å². The molecule has 0 aliphatic carbocycles. The zero-order valence-electron chi connectivity index (χ0n) is 7.85. The van der Waals surface area contributed by atoms with Crippen molar-refractivity contribution in [1.29, 1.82) is 0 Å². The Morgan fingerprint density at radius 2 is 1.79 bits per heavy atom. The first kappa shape index (κ1) is 10.7. The molecule has 0 saturated carbocycles. The molecular formula is C8H14N4O2. The second-order valence-corrected chi connectivity index (χ2v) is 2.86. The first-order valence-electron chi connectivity index (χ1n) is 4.41. The highest BCUT2D eigenvalue weighted by Crippen LogP contribution is 1.77. The topological polar surface area (TPSA) is 96.0 Å². The van der Waals surface area contributed by atoms with Crippen LogP contribution < -0.4 is 22.7 Å². The Hall–Kier alpha value is -1.40. The van der Waals surface area contributed by atoms with Gasteiger partial charge in [-0.05, 0) is 0 Å². The molecule has 78 valence electrons. The average Bonchev–Trinajstić information content (AvgIpc) is 2.17. The molecule has 0 amide bonds. The number of aromatic nitrogens is 2. The molecule has 0 saturated heterocycles. The van der Waals surface area contributed by atoms with E-state index in [1.165, 1.54) is 16.8 Å². The van der Waals surface area contributed by atoms with Crippen LogP contribution in [-0.4, -0.2) is 22.2 Å². The number of hydrogen-bond acceptors (Lipinski definition) is 4. The van der Waals surface area contributed by atoms with Gasteiger partial charge >= 0.3 is 5.69 Å². The van der Waals surface area contributed by atoms with Crippen LogP contribution in [0.1, 0.15) is 0 Å². The van der Waals surface area contributed by atoms with Gasteiger partial charge in [0.15, 0.2) is 0 Å². The molecule has 0 aromatic carbocycles. The number of rotatable bonds is 4. The maximum absolute atomic E-state index is 11.6. The highest BCUT2D eigenvalue weighted by molar-refractivity contribution is 4.86. The lowest BCUT2D eigenvalue weighted by molar-refractivity contribution is 0.559. The normalized spacial score (nSPS) is 10.4. The third-order valence-corrected chi connectivity index (χ3v) is 1.86. The Balaban J connectivity index is 3.19. The van der Waals surface area contributed by atoms with E-state index in [4.69, 9.17) is 11.5 Å². The van der Waals surface area contributed by atoms with E-state index < -0.39 is 0 Å². The molecule has 0 aliphatic heterocycles. The Morgan fingerprint density at radius 1 is 1.14 bits per heavy atom. The van der Waals surface area contributed by atoms with E-state index in [9.17, 15) is 9.59 Å². The molecule has 0 unspecified atom stereocenters. The maximum atomic E-state index is 11.6. The van der Waals surface area contributed by atoms with Gasteiger partial charge < -0.3 is 11.5 Å². The van der Waals surface area contributed by atoms with Gasteiger partial charge in [-0.15, -0.1) is 0 Å². The van der Waals surface area contributed by atoms with Crippen molar-refractivity contribution in [2.24, 2.45) is 11.5 Å². The molecule has 1 rings (SSSR count). The van der Waals surface area contributed by atoms with Crippen molar-refractivity contribution in [3.63, 3.8) is 0 Å². The minimum Gasteiger partial charge on any atom is -0.329 e. The summed E-state index contributed by atoms with van der Waals surface area (Å²) in [5.41, 5.74) is 9.93. The monoisotopic (exact) mass is 198 g/mol. The second kappa shape index (κ2) is 4.73. The van der Waals surface area contributed by atoms with Gasteiger partial charge in [-0.2, -0.15) is 0 Å². The summed E-state index contributed by atoms with van der Waals surface area (Å²) in [7, 11) is 0. The van der Waals surface area contributed by atoms with Gasteiger partial charge in [0, 0.05) is 38.4 Å². The summed E-state index contributed by atoms with van der Waals surface area (Å²) in [5.74, 6) is 0. The minimum absolute atomic E-state index is 0.239. The van der Waals surface area contributed by atoms with Gasteiger partial charge in [0.25, 0.3) is 5.56 Å². The van der Waals surface area contributed by atoms with E-state index >= 15 is 0 Å². The van der Waals surface area contributed by atoms with Crippen molar-refractivity contribution in [3.8, 4) is 0 Å². The summed E-state index contributed by atoms with van der Waals surface area (Å²) in [6.45, 7) is 1.27. The number of nitrogens with two attached hydrogens (primary N) is 2. The molecule has 4 N–H and O–H groups in total. The van der Waals surface area contributed by atoms with Crippen LogP contribution in [0.3, 0.4) is 0 Å². The average molecular weight is 198 g/mol. The Morgan fingerprint density at radius 3 is 2.36 bits per heavy atom. The van der Waals surface area contributed by atoms with Gasteiger partial charge in [0.1, 0.15) is 0 Å². The van der Waals surface area contributed by atoms with Crippen LogP contribution in [0.2, 0.25) is 0 Å². The van der Waals surface area contributed by atoms with Crippen LogP contribution in [0, 0.1) is 0 Å². The third kappa shape index (κ3) is 2.09. The summed E-state index contributed by atoms with van der Waals surface area (Å²) in [4.78, 5) is 22.8.